The summed E-state index contributed by atoms with van der Waals surface area (Å²) in [6.07, 6.45) is -1.04. The van der Waals surface area contributed by atoms with Crippen molar-refractivity contribution in [3.05, 3.63) is 36.2 Å². The summed E-state index contributed by atoms with van der Waals surface area (Å²) in [6.45, 7) is 2.62. The van der Waals surface area contributed by atoms with Gasteiger partial charge >= 0.3 is 6.18 Å². The van der Waals surface area contributed by atoms with E-state index in [1.54, 1.807) is 17.1 Å². The van der Waals surface area contributed by atoms with Gasteiger partial charge in [0.2, 0.25) is 0 Å². The number of nitrogen functional groups attached to an aromatic ring is 1. The summed E-state index contributed by atoms with van der Waals surface area (Å²) in [4.78, 5) is 0. The first-order valence-corrected chi connectivity index (χ1v) is 5.41. The maximum absolute atomic E-state index is 12.5. The fraction of sp³-hybridized carbons (Fsp3) is 0.250. The van der Waals surface area contributed by atoms with Crippen LogP contribution in [0, 0.1) is 0 Å². The minimum absolute atomic E-state index is 0.0977. The molecular weight excluding hydrogens is 243 g/mol. The van der Waals surface area contributed by atoms with E-state index in [9.17, 15) is 13.2 Å². The molecule has 0 unspecified atom stereocenters. The zero-order chi connectivity index (χ0) is 13.3. The molecule has 0 fully saturated rings. The maximum atomic E-state index is 12.5. The Hall–Kier alpha value is -1.98. The Morgan fingerprint density at radius 1 is 1.33 bits per heavy atom. The molecule has 1 aromatic carbocycles. The number of hydrogen-bond acceptors (Lipinski definition) is 2. The SMILES string of the molecule is CCn1cc(-c2ccc(C(F)(F)F)cc2N)cn1. The van der Waals surface area contributed by atoms with Crippen molar-refractivity contribution in [1.29, 1.82) is 0 Å². The van der Waals surface area contributed by atoms with Crippen molar-refractivity contribution in [2.24, 2.45) is 0 Å². The second kappa shape index (κ2) is 4.36. The Kier molecular flexibility index (Phi) is 3.02. The number of hydrogen-bond donors (Lipinski definition) is 1. The van der Waals surface area contributed by atoms with Crippen LogP contribution in [0.2, 0.25) is 0 Å². The van der Waals surface area contributed by atoms with Crippen molar-refractivity contribution in [2.45, 2.75) is 19.6 Å². The molecule has 0 aliphatic carbocycles. The highest BCUT2D eigenvalue weighted by molar-refractivity contribution is 5.76. The number of benzene rings is 1. The Morgan fingerprint density at radius 3 is 2.56 bits per heavy atom. The Labute approximate surface area is 102 Å². The Balaban J connectivity index is 2.41. The van der Waals surface area contributed by atoms with Crippen molar-refractivity contribution < 1.29 is 13.2 Å². The van der Waals surface area contributed by atoms with Gasteiger partial charge in [-0.05, 0) is 19.1 Å². The van der Waals surface area contributed by atoms with Gasteiger partial charge in [0, 0.05) is 29.6 Å². The number of nitrogens with two attached hydrogens (primary N) is 1. The van der Waals surface area contributed by atoms with E-state index in [4.69, 9.17) is 5.73 Å². The van der Waals surface area contributed by atoms with Crippen molar-refractivity contribution in [2.75, 3.05) is 5.73 Å². The van der Waals surface area contributed by atoms with Gasteiger partial charge in [0.25, 0.3) is 0 Å². The molecule has 0 atom stereocenters. The molecule has 2 N–H and O–H groups in total. The first-order valence-electron chi connectivity index (χ1n) is 5.41. The third-order valence-corrected chi connectivity index (χ3v) is 2.65. The van der Waals surface area contributed by atoms with E-state index in [2.05, 4.69) is 5.10 Å². The van der Waals surface area contributed by atoms with E-state index in [1.807, 2.05) is 6.92 Å². The lowest BCUT2D eigenvalue weighted by atomic mass is 10.0. The molecule has 0 bridgehead atoms. The van der Waals surface area contributed by atoms with Crippen LogP contribution in [0.15, 0.2) is 30.6 Å². The van der Waals surface area contributed by atoms with Gasteiger partial charge < -0.3 is 5.73 Å². The van der Waals surface area contributed by atoms with E-state index in [-0.39, 0.29) is 5.69 Å². The zero-order valence-electron chi connectivity index (χ0n) is 9.70. The number of anilines is 1. The van der Waals surface area contributed by atoms with Crippen LogP contribution < -0.4 is 5.73 Å². The summed E-state index contributed by atoms with van der Waals surface area (Å²) >= 11 is 0. The molecule has 2 rings (SSSR count). The molecule has 6 heteroatoms. The lowest BCUT2D eigenvalue weighted by Gasteiger charge is -2.09. The minimum Gasteiger partial charge on any atom is -0.398 e. The van der Waals surface area contributed by atoms with Crippen LogP contribution >= 0.6 is 0 Å². The number of aryl methyl sites for hydroxylation is 1. The van der Waals surface area contributed by atoms with Crippen LogP contribution in [0.1, 0.15) is 12.5 Å². The summed E-state index contributed by atoms with van der Waals surface area (Å²) in [5.41, 5.74) is 6.29. The van der Waals surface area contributed by atoms with Gasteiger partial charge in [0.15, 0.2) is 0 Å². The standard InChI is InChI=1S/C12H12F3N3/c1-2-18-7-8(6-17-18)10-4-3-9(5-11(10)16)12(13,14)15/h3-7H,2,16H2,1H3. The summed E-state index contributed by atoms with van der Waals surface area (Å²) in [5, 5.41) is 4.06. The van der Waals surface area contributed by atoms with Crippen LogP contribution in [0.3, 0.4) is 0 Å². The zero-order valence-corrected chi connectivity index (χ0v) is 9.70. The number of alkyl halides is 3. The molecule has 2 aromatic rings. The average molecular weight is 255 g/mol. The smallest absolute Gasteiger partial charge is 0.398 e. The van der Waals surface area contributed by atoms with Crippen LogP contribution in [-0.4, -0.2) is 9.78 Å². The van der Waals surface area contributed by atoms with Gasteiger partial charge in [-0.2, -0.15) is 18.3 Å². The van der Waals surface area contributed by atoms with Crippen molar-refractivity contribution in [3.63, 3.8) is 0 Å². The number of aromatic nitrogens is 2. The van der Waals surface area contributed by atoms with Crippen LogP contribution in [-0.2, 0) is 12.7 Å². The molecule has 0 amide bonds. The average Bonchev–Trinajstić information content (AvgIpc) is 2.76. The molecule has 0 saturated heterocycles. The maximum Gasteiger partial charge on any atom is 0.416 e. The van der Waals surface area contributed by atoms with Crippen molar-refractivity contribution in [3.8, 4) is 11.1 Å². The molecule has 0 aliphatic heterocycles. The quantitative estimate of drug-likeness (QED) is 0.837. The van der Waals surface area contributed by atoms with Gasteiger partial charge in [-0.1, -0.05) is 6.07 Å². The molecule has 1 aromatic heterocycles. The highest BCUT2D eigenvalue weighted by atomic mass is 19.4. The predicted octanol–water partition coefficient (Wildman–Crippen LogP) is 3.17. The first-order chi connectivity index (χ1) is 8.41. The topological polar surface area (TPSA) is 43.8 Å². The number of halogens is 3. The summed E-state index contributed by atoms with van der Waals surface area (Å²) < 4.78 is 39.2. The molecule has 18 heavy (non-hydrogen) atoms. The van der Waals surface area contributed by atoms with Crippen LogP contribution in [0.4, 0.5) is 18.9 Å². The van der Waals surface area contributed by atoms with Crippen molar-refractivity contribution >= 4 is 5.69 Å². The summed E-state index contributed by atoms with van der Waals surface area (Å²) in [7, 11) is 0. The van der Waals surface area contributed by atoms with Crippen LogP contribution in [0.25, 0.3) is 11.1 Å². The molecule has 1 heterocycles. The normalized spacial score (nSPS) is 11.8. The van der Waals surface area contributed by atoms with E-state index in [1.165, 1.54) is 6.07 Å². The highest BCUT2D eigenvalue weighted by Crippen LogP contribution is 2.34. The monoisotopic (exact) mass is 255 g/mol. The lowest BCUT2D eigenvalue weighted by Crippen LogP contribution is -2.05. The largest absolute Gasteiger partial charge is 0.416 e. The molecule has 0 saturated carbocycles. The van der Waals surface area contributed by atoms with E-state index >= 15 is 0 Å². The molecule has 96 valence electrons. The van der Waals surface area contributed by atoms with Gasteiger partial charge in [0.1, 0.15) is 0 Å². The fourth-order valence-electron chi connectivity index (χ4n) is 1.68. The predicted molar refractivity (Wildman–Crippen MR) is 62.8 cm³/mol. The first kappa shape index (κ1) is 12.5. The third-order valence-electron chi connectivity index (χ3n) is 2.65. The van der Waals surface area contributed by atoms with E-state index < -0.39 is 11.7 Å². The molecule has 3 nitrogen and oxygen atoms in total. The van der Waals surface area contributed by atoms with E-state index in [0.29, 0.717) is 17.7 Å². The molecule has 0 radical (unpaired) electrons. The summed E-state index contributed by atoms with van der Waals surface area (Å²) in [6, 6.07) is 3.34. The van der Waals surface area contributed by atoms with Crippen molar-refractivity contribution in [1.82, 2.24) is 9.78 Å². The fourth-order valence-corrected chi connectivity index (χ4v) is 1.68. The van der Waals surface area contributed by atoms with Gasteiger partial charge in [-0.3, -0.25) is 4.68 Å². The minimum atomic E-state index is -4.37. The summed E-state index contributed by atoms with van der Waals surface area (Å²) in [5.74, 6) is 0. The molecular formula is C12H12F3N3. The Morgan fingerprint density at radius 2 is 2.06 bits per heavy atom. The Bertz CT molecular complexity index is 558. The van der Waals surface area contributed by atoms with Gasteiger partial charge in [0.05, 0.1) is 11.8 Å². The van der Waals surface area contributed by atoms with Gasteiger partial charge in [-0.25, -0.2) is 0 Å². The second-order valence-electron chi connectivity index (χ2n) is 3.88. The highest BCUT2D eigenvalue weighted by Gasteiger charge is 2.30. The second-order valence-corrected chi connectivity index (χ2v) is 3.88. The van der Waals surface area contributed by atoms with Gasteiger partial charge in [-0.15, -0.1) is 0 Å². The van der Waals surface area contributed by atoms with E-state index in [0.717, 1.165) is 12.1 Å². The molecule has 0 spiro atoms. The number of rotatable bonds is 2. The van der Waals surface area contributed by atoms with Crippen LogP contribution in [0.5, 0.6) is 0 Å². The lowest BCUT2D eigenvalue weighted by molar-refractivity contribution is -0.137. The number of nitrogens with zero attached hydrogens (tertiary/aromatic N) is 2. The third kappa shape index (κ3) is 2.32. The molecule has 0 aliphatic rings.